The molecule has 2 aromatic heterocycles. The third kappa shape index (κ3) is 2.85. The summed E-state index contributed by atoms with van der Waals surface area (Å²) in [5.41, 5.74) is 2.68. The number of aryl methyl sites for hydroxylation is 1. The monoisotopic (exact) mass is 211 g/mol. The lowest BCUT2D eigenvalue weighted by Crippen LogP contribution is -1.87. The zero-order valence-corrected chi connectivity index (χ0v) is 8.96. The average molecular weight is 211 g/mol. The Kier molecular flexibility index (Phi) is 3.19. The molecule has 2 rings (SSSR count). The van der Waals surface area contributed by atoms with Crippen LogP contribution in [0.4, 0.5) is 0 Å². The van der Waals surface area contributed by atoms with Gasteiger partial charge in [0, 0.05) is 12.4 Å². The molecule has 4 nitrogen and oxygen atoms in total. The Labute approximate surface area is 93.8 Å². The van der Waals surface area contributed by atoms with Crippen LogP contribution in [0.2, 0.25) is 0 Å². The van der Waals surface area contributed by atoms with Gasteiger partial charge >= 0.3 is 12.6 Å². The Balaban J connectivity index is 2.03. The van der Waals surface area contributed by atoms with Crippen molar-refractivity contribution in [3.63, 3.8) is 0 Å². The topological polar surface area (TPSA) is 43.0 Å². The number of pyridine rings is 1. The van der Waals surface area contributed by atoms with Gasteiger partial charge in [0.15, 0.2) is 5.69 Å². The van der Waals surface area contributed by atoms with Gasteiger partial charge in [-0.3, -0.25) is 0 Å². The molecule has 0 bridgehead atoms. The molecular formula is C12H11N4+. The maximum absolute atomic E-state index is 4.17. The second-order valence-corrected chi connectivity index (χ2v) is 3.36. The molecule has 0 fully saturated rings. The van der Waals surface area contributed by atoms with Gasteiger partial charge in [0.2, 0.25) is 0 Å². The molecule has 4 heteroatoms. The van der Waals surface area contributed by atoms with Crippen LogP contribution in [0.3, 0.4) is 0 Å². The SMILES string of the molecule is Cc1ccc(C#[N+]Cc2cccnn2)nc1. The summed E-state index contributed by atoms with van der Waals surface area (Å²) in [4.78, 5) is 8.30. The maximum Gasteiger partial charge on any atom is 0.331 e. The summed E-state index contributed by atoms with van der Waals surface area (Å²) >= 11 is 0. The number of aromatic nitrogens is 3. The highest BCUT2D eigenvalue weighted by Gasteiger charge is 2.00. The van der Waals surface area contributed by atoms with Crippen LogP contribution in [0.15, 0.2) is 36.7 Å². The minimum Gasteiger partial charge on any atom is -0.241 e. The molecule has 0 atom stereocenters. The fraction of sp³-hybridized carbons (Fsp3) is 0.167. The molecule has 16 heavy (non-hydrogen) atoms. The van der Waals surface area contributed by atoms with E-state index in [9.17, 15) is 0 Å². The first-order valence-electron chi connectivity index (χ1n) is 4.96. The van der Waals surface area contributed by atoms with Gasteiger partial charge in [-0.15, -0.1) is 5.10 Å². The molecule has 0 radical (unpaired) electrons. The molecule has 2 heterocycles. The van der Waals surface area contributed by atoms with E-state index in [4.69, 9.17) is 0 Å². The summed E-state index contributed by atoms with van der Waals surface area (Å²) in [6.45, 7) is 2.47. The molecular weight excluding hydrogens is 200 g/mol. The molecule has 0 unspecified atom stereocenters. The van der Waals surface area contributed by atoms with Gasteiger partial charge in [0.05, 0.1) is 0 Å². The highest BCUT2D eigenvalue weighted by molar-refractivity contribution is 5.25. The van der Waals surface area contributed by atoms with Crippen molar-refractivity contribution in [3.05, 3.63) is 58.5 Å². The fourth-order valence-electron chi connectivity index (χ4n) is 1.15. The first kappa shape index (κ1) is 10.2. The van der Waals surface area contributed by atoms with Crippen LogP contribution in [0.25, 0.3) is 4.85 Å². The van der Waals surface area contributed by atoms with Gasteiger partial charge in [-0.05, 0) is 30.7 Å². The van der Waals surface area contributed by atoms with Gasteiger partial charge in [0.1, 0.15) is 5.69 Å². The van der Waals surface area contributed by atoms with E-state index in [0.717, 1.165) is 17.0 Å². The first-order valence-corrected chi connectivity index (χ1v) is 4.96. The Morgan fingerprint density at radius 1 is 1.31 bits per heavy atom. The van der Waals surface area contributed by atoms with Crippen molar-refractivity contribution in [2.45, 2.75) is 13.5 Å². The third-order valence-corrected chi connectivity index (χ3v) is 1.97. The van der Waals surface area contributed by atoms with E-state index in [0.29, 0.717) is 6.54 Å². The summed E-state index contributed by atoms with van der Waals surface area (Å²) in [6, 6.07) is 10.4. The number of hydrogen-bond donors (Lipinski definition) is 0. The predicted molar refractivity (Wildman–Crippen MR) is 61.1 cm³/mol. The van der Waals surface area contributed by atoms with Crippen LogP contribution < -0.4 is 0 Å². The summed E-state index contributed by atoms with van der Waals surface area (Å²) in [5, 5.41) is 7.69. The van der Waals surface area contributed by atoms with Crippen molar-refractivity contribution in [2.75, 3.05) is 0 Å². The van der Waals surface area contributed by atoms with Crippen LogP contribution >= 0.6 is 0 Å². The Morgan fingerprint density at radius 2 is 2.25 bits per heavy atom. The second kappa shape index (κ2) is 4.99. The van der Waals surface area contributed by atoms with Crippen LogP contribution in [0.5, 0.6) is 0 Å². The van der Waals surface area contributed by atoms with Crippen LogP contribution in [0.1, 0.15) is 17.0 Å². The van der Waals surface area contributed by atoms with Gasteiger partial charge in [0.25, 0.3) is 0 Å². The average Bonchev–Trinajstić information content (AvgIpc) is 2.33. The fourth-order valence-corrected chi connectivity index (χ4v) is 1.15. The summed E-state index contributed by atoms with van der Waals surface area (Å²) in [6.07, 6.45) is 3.43. The number of rotatable bonds is 1. The van der Waals surface area contributed by atoms with Crippen molar-refractivity contribution < 1.29 is 0 Å². The largest absolute Gasteiger partial charge is 0.331 e. The first-order chi connectivity index (χ1) is 7.84. The van der Waals surface area contributed by atoms with Gasteiger partial charge < -0.3 is 0 Å². The molecule has 0 aliphatic rings. The minimum atomic E-state index is 0.476. The highest BCUT2D eigenvalue weighted by Crippen LogP contribution is 1.98. The van der Waals surface area contributed by atoms with E-state index in [1.165, 1.54) is 0 Å². The highest BCUT2D eigenvalue weighted by atomic mass is 15.1. The van der Waals surface area contributed by atoms with Crippen molar-refractivity contribution in [2.24, 2.45) is 0 Å². The van der Waals surface area contributed by atoms with Crippen LogP contribution in [0, 0.1) is 13.0 Å². The summed E-state index contributed by atoms with van der Waals surface area (Å²) in [7, 11) is 0. The van der Waals surface area contributed by atoms with Crippen LogP contribution in [-0.2, 0) is 6.54 Å². The van der Waals surface area contributed by atoms with E-state index in [1.54, 1.807) is 12.4 Å². The smallest absolute Gasteiger partial charge is 0.241 e. The van der Waals surface area contributed by atoms with Crippen molar-refractivity contribution in [3.8, 4) is 6.07 Å². The molecule has 0 spiro atoms. The van der Waals surface area contributed by atoms with E-state index in [-0.39, 0.29) is 0 Å². The molecule has 0 aliphatic carbocycles. The molecule has 0 saturated heterocycles. The van der Waals surface area contributed by atoms with Crippen molar-refractivity contribution >= 4 is 0 Å². The molecule has 0 aromatic carbocycles. The van der Waals surface area contributed by atoms with Gasteiger partial charge in [-0.1, -0.05) is 10.9 Å². The molecule has 0 saturated carbocycles. The van der Waals surface area contributed by atoms with E-state index in [1.807, 2.05) is 31.2 Å². The van der Waals surface area contributed by atoms with Gasteiger partial charge in [-0.2, -0.15) is 5.10 Å². The molecule has 0 N–H and O–H groups in total. The van der Waals surface area contributed by atoms with E-state index >= 15 is 0 Å². The minimum absolute atomic E-state index is 0.476. The Bertz CT molecular complexity index is 508. The molecule has 2 aromatic rings. The Hall–Kier alpha value is -2.28. The zero-order chi connectivity index (χ0) is 11.2. The molecule has 0 amide bonds. The van der Waals surface area contributed by atoms with Crippen LogP contribution in [-0.4, -0.2) is 15.2 Å². The quantitative estimate of drug-likeness (QED) is 0.725. The zero-order valence-electron chi connectivity index (χ0n) is 8.96. The lowest BCUT2D eigenvalue weighted by atomic mass is 10.3. The maximum atomic E-state index is 4.17. The van der Waals surface area contributed by atoms with E-state index in [2.05, 4.69) is 26.1 Å². The third-order valence-electron chi connectivity index (χ3n) is 1.97. The van der Waals surface area contributed by atoms with Crippen molar-refractivity contribution in [1.82, 2.24) is 15.2 Å². The second-order valence-electron chi connectivity index (χ2n) is 3.36. The predicted octanol–water partition coefficient (Wildman–Crippen LogP) is 2.06. The molecule has 0 aliphatic heterocycles. The number of hydrogen-bond acceptors (Lipinski definition) is 3. The van der Waals surface area contributed by atoms with E-state index < -0.39 is 0 Å². The van der Waals surface area contributed by atoms with Crippen molar-refractivity contribution in [1.29, 1.82) is 0 Å². The lowest BCUT2D eigenvalue weighted by molar-refractivity contribution is 0.947. The lowest BCUT2D eigenvalue weighted by Gasteiger charge is -1.86. The Morgan fingerprint density at radius 3 is 2.94 bits per heavy atom. The summed E-state index contributed by atoms with van der Waals surface area (Å²) < 4.78 is 0. The summed E-state index contributed by atoms with van der Waals surface area (Å²) in [5.74, 6) is 0. The number of nitrogens with zero attached hydrogens (tertiary/aromatic N) is 4. The molecule has 78 valence electrons. The van der Waals surface area contributed by atoms with Gasteiger partial charge in [-0.25, -0.2) is 4.98 Å². The standard InChI is InChI=1S/C12H11N4/c1-10-4-5-11(14-7-10)8-13-9-12-3-2-6-15-16-12/h2-7H,9H2,1H3/q+1. The normalized spacial score (nSPS) is 9.31.